The average Bonchev–Trinajstić information content (AvgIpc) is 3.40. The predicted octanol–water partition coefficient (Wildman–Crippen LogP) is 4.75. The van der Waals surface area contributed by atoms with E-state index in [2.05, 4.69) is 9.97 Å². The number of aromatic nitrogens is 3. The van der Waals surface area contributed by atoms with Crippen molar-refractivity contribution in [2.45, 2.75) is 11.8 Å². The third-order valence-corrected chi connectivity index (χ3v) is 4.78. The maximum Gasteiger partial charge on any atom is 0.357 e. The van der Waals surface area contributed by atoms with Gasteiger partial charge in [0.15, 0.2) is 10.9 Å². The molecule has 29 heavy (non-hydrogen) atoms. The monoisotopic (exact) mass is 409 g/mol. The minimum Gasteiger partial charge on any atom is -0.454 e. The lowest BCUT2D eigenvalue weighted by atomic mass is 10.2. The highest BCUT2D eigenvalue weighted by molar-refractivity contribution is 7.98. The fourth-order valence-electron chi connectivity index (χ4n) is 2.76. The standard InChI is InChI=1S/C21H16FN3O3S/c1-29-21-23-11-18(25(21)17-9-7-15(22)8-10-17)20(26)28-13-16-12-27-19(24-16)14-5-3-2-4-6-14/h2-12H,13H2,1H3. The second kappa shape index (κ2) is 8.32. The van der Waals surface area contributed by atoms with Crippen molar-refractivity contribution in [2.24, 2.45) is 0 Å². The van der Waals surface area contributed by atoms with Crippen LogP contribution in [0.15, 0.2) is 76.6 Å². The lowest BCUT2D eigenvalue weighted by Crippen LogP contribution is -2.12. The van der Waals surface area contributed by atoms with Crippen LogP contribution in [0.3, 0.4) is 0 Å². The Balaban J connectivity index is 1.52. The molecule has 0 N–H and O–H groups in total. The first-order valence-corrected chi connectivity index (χ1v) is 9.93. The van der Waals surface area contributed by atoms with E-state index in [9.17, 15) is 9.18 Å². The first kappa shape index (κ1) is 18.9. The Hall–Kier alpha value is -3.39. The number of hydrogen-bond acceptors (Lipinski definition) is 6. The number of oxazole rings is 1. The van der Waals surface area contributed by atoms with Crippen LogP contribution in [0, 0.1) is 5.82 Å². The molecule has 2 aromatic heterocycles. The van der Waals surface area contributed by atoms with Gasteiger partial charge in [-0.2, -0.15) is 0 Å². The van der Waals surface area contributed by atoms with Crippen molar-refractivity contribution >= 4 is 17.7 Å². The molecule has 0 bridgehead atoms. The molecule has 146 valence electrons. The van der Waals surface area contributed by atoms with Gasteiger partial charge in [-0.3, -0.25) is 4.57 Å². The summed E-state index contributed by atoms with van der Waals surface area (Å²) in [6, 6.07) is 15.3. The molecule has 2 heterocycles. The summed E-state index contributed by atoms with van der Waals surface area (Å²) in [6.45, 7) is -0.0433. The van der Waals surface area contributed by atoms with Crippen molar-refractivity contribution in [1.29, 1.82) is 0 Å². The molecule has 8 heteroatoms. The van der Waals surface area contributed by atoms with E-state index in [1.54, 1.807) is 16.7 Å². The summed E-state index contributed by atoms with van der Waals surface area (Å²) >= 11 is 1.37. The molecule has 0 amide bonds. The van der Waals surface area contributed by atoms with E-state index >= 15 is 0 Å². The minimum absolute atomic E-state index is 0.0433. The highest BCUT2D eigenvalue weighted by Crippen LogP contribution is 2.23. The lowest BCUT2D eigenvalue weighted by molar-refractivity contribution is 0.0457. The van der Waals surface area contributed by atoms with Crippen LogP contribution in [0.1, 0.15) is 16.2 Å². The number of halogens is 1. The number of benzene rings is 2. The third-order valence-electron chi connectivity index (χ3n) is 4.13. The maximum absolute atomic E-state index is 13.3. The molecule has 0 saturated heterocycles. The Morgan fingerprint density at radius 3 is 2.66 bits per heavy atom. The largest absolute Gasteiger partial charge is 0.454 e. The number of thioether (sulfide) groups is 1. The first-order chi connectivity index (χ1) is 14.2. The fraction of sp³-hybridized carbons (Fsp3) is 0.0952. The van der Waals surface area contributed by atoms with Gasteiger partial charge in [0.2, 0.25) is 5.89 Å². The summed E-state index contributed by atoms with van der Waals surface area (Å²) in [6.07, 6.45) is 4.74. The molecule has 6 nitrogen and oxygen atoms in total. The zero-order valence-electron chi connectivity index (χ0n) is 15.4. The molecule has 4 aromatic rings. The summed E-state index contributed by atoms with van der Waals surface area (Å²) in [5.41, 5.74) is 2.19. The van der Waals surface area contributed by atoms with Crippen molar-refractivity contribution in [3.63, 3.8) is 0 Å². The number of hydrogen-bond donors (Lipinski definition) is 0. The Morgan fingerprint density at radius 2 is 1.93 bits per heavy atom. The molecule has 2 aromatic carbocycles. The van der Waals surface area contributed by atoms with E-state index in [0.717, 1.165) is 5.56 Å². The quantitative estimate of drug-likeness (QED) is 0.338. The van der Waals surface area contributed by atoms with Gasteiger partial charge in [-0.1, -0.05) is 30.0 Å². The summed E-state index contributed by atoms with van der Waals surface area (Å²) < 4.78 is 25.8. The normalized spacial score (nSPS) is 10.8. The van der Waals surface area contributed by atoms with E-state index in [-0.39, 0.29) is 18.1 Å². The second-order valence-electron chi connectivity index (χ2n) is 6.03. The third kappa shape index (κ3) is 4.07. The first-order valence-electron chi connectivity index (χ1n) is 8.70. The van der Waals surface area contributed by atoms with E-state index in [1.807, 2.05) is 36.6 Å². The molecule has 0 fully saturated rings. The van der Waals surface area contributed by atoms with E-state index in [0.29, 0.717) is 22.4 Å². The molecular formula is C21H16FN3O3S. The lowest BCUT2D eigenvalue weighted by Gasteiger charge is -2.10. The molecule has 0 saturated carbocycles. The average molecular weight is 409 g/mol. The van der Waals surface area contributed by atoms with Gasteiger partial charge in [0.1, 0.15) is 24.4 Å². The number of imidazole rings is 1. The number of esters is 1. The summed E-state index contributed by atoms with van der Waals surface area (Å²) in [4.78, 5) is 21.3. The van der Waals surface area contributed by atoms with E-state index < -0.39 is 5.97 Å². The molecule has 0 aliphatic rings. The molecule has 0 spiro atoms. The van der Waals surface area contributed by atoms with Crippen LogP contribution in [0.4, 0.5) is 4.39 Å². The molecule has 0 radical (unpaired) electrons. The smallest absolute Gasteiger partial charge is 0.357 e. The van der Waals surface area contributed by atoms with Crippen LogP contribution in [0.5, 0.6) is 0 Å². The topological polar surface area (TPSA) is 70.2 Å². The van der Waals surface area contributed by atoms with Gasteiger partial charge in [0.05, 0.1) is 6.20 Å². The molecule has 0 aliphatic carbocycles. The molecule has 4 rings (SSSR count). The minimum atomic E-state index is -0.564. The van der Waals surface area contributed by atoms with Gasteiger partial charge in [-0.15, -0.1) is 0 Å². The van der Waals surface area contributed by atoms with Crippen LogP contribution in [0.25, 0.3) is 17.1 Å². The van der Waals surface area contributed by atoms with Crippen LogP contribution < -0.4 is 0 Å². The predicted molar refractivity (Wildman–Crippen MR) is 106 cm³/mol. The van der Waals surface area contributed by atoms with Crippen molar-refractivity contribution in [1.82, 2.24) is 14.5 Å². The molecule has 0 aliphatic heterocycles. The number of carbonyl (C=O) groups is 1. The molecular weight excluding hydrogens is 393 g/mol. The van der Waals surface area contributed by atoms with E-state index in [4.69, 9.17) is 9.15 Å². The zero-order chi connectivity index (χ0) is 20.2. The highest BCUT2D eigenvalue weighted by atomic mass is 32.2. The van der Waals surface area contributed by atoms with E-state index in [1.165, 1.54) is 36.4 Å². The van der Waals surface area contributed by atoms with Crippen LogP contribution in [0.2, 0.25) is 0 Å². The second-order valence-corrected chi connectivity index (χ2v) is 6.80. The van der Waals surface area contributed by atoms with Gasteiger partial charge in [-0.25, -0.2) is 19.2 Å². The Kier molecular flexibility index (Phi) is 5.44. The number of rotatable bonds is 6. The Morgan fingerprint density at radius 1 is 1.17 bits per heavy atom. The Labute approximate surface area is 170 Å². The molecule has 0 atom stereocenters. The van der Waals surface area contributed by atoms with Crippen molar-refractivity contribution in [2.75, 3.05) is 6.26 Å². The SMILES string of the molecule is CSc1ncc(C(=O)OCc2coc(-c3ccccc3)n2)n1-c1ccc(F)cc1. The highest BCUT2D eigenvalue weighted by Gasteiger charge is 2.20. The fourth-order valence-corrected chi connectivity index (χ4v) is 3.31. The van der Waals surface area contributed by atoms with Gasteiger partial charge in [-0.05, 0) is 42.7 Å². The van der Waals surface area contributed by atoms with Gasteiger partial charge >= 0.3 is 5.97 Å². The van der Waals surface area contributed by atoms with Crippen LogP contribution in [-0.4, -0.2) is 26.8 Å². The number of carbonyl (C=O) groups excluding carboxylic acids is 1. The summed E-state index contributed by atoms with van der Waals surface area (Å²) in [7, 11) is 0. The number of nitrogens with zero attached hydrogens (tertiary/aromatic N) is 3. The zero-order valence-corrected chi connectivity index (χ0v) is 16.2. The van der Waals surface area contributed by atoms with Crippen molar-refractivity contribution in [3.8, 4) is 17.1 Å². The van der Waals surface area contributed by atoms with Crippen molar-refractivity contribution < 1.29 is 18.3 Å². The van der Waals surface area contributed by atoms with Gasteiger partial charge in [0.25, 0.3) is 0 Å². The van der Waals surface area contributed by atoms with Crippen LogP contribution in [-0.2, 0) is 11.3 Å². The summed E-state index contributed by atoms with van der Waals surface area (Å²) in [5, 5.41) is 0.594. The van der Waals surface area contributed by atoms with Gasteiger partial charge in [0, 0.05) is 11.3 Å². The van der Waals surface area contributed by atoms with Crippen molar-refractivity contribution in [3.05, 3.63) is 84.3 Å². The molecule has 0 unspecified atom stereocenters. The number of ether oxygens (including phenoxy) is 1. The Bertz CT molecular complexity index is 1120. The van der Waals surface area contributed by atoms with Crippen LogP contribution >= 0.6 is 11.8 Å². The maximum atomic E-state index is 13.3. The van der Waals surface area contributed by atoms with Gasteiger partial charge < -0.3 is 9.15 Å². The summed E-state index contributed by atoms with van der Waals surface area (Å²) in [5.74, 6) is -0.465.